The van der Waals surface area contributed by atoms with Crippen LogP contribution in [0.5, 0.6) is 28.7 Å². The van der Waals surface area contributed by atoms with Crippen LogP contribution in [0.25, 0.3) is 16.6 Å². The number of carbonyl (C=O) groups excluding carboxylic acids is 2. The topological polar surface area (TPSA) is 129 Å². The number of carboxylic acid groups (broad SMARTS) is 1. The maximum atomic E-state index is 14.2. The molecule has 224 valence electrons. The van der Waals surface area contributed by atoms with Crippen molar-refractivity contribution in [2.75, 3.05) is 20.3 Å². The minimum Gasteiger partial charge on any atom is -0.545 e. The number of nitrogens with zero attached hydrogens (tertiary/aromatic N) is 2. The van der Waals surface area contributed by atoms with Crippen LogP contribution in [0.2, 0.25) is 0 Å². The number of carbonyl (C=O) groups is 2. The van der Waals surface area contributed by atoms with E-state index < -0.39 is 11.8 Å². The van der Waals surface area contributed by atoms with Crippen LogP contribution in [0.4, 0.5) is 0 Å². The van der Waals surface area contributed by atoms with Crippen molar-refractivity contribution in [2.24, 2.45) is 0 Å². The van der Waals surface area contributed by atoms with Gasteiger partial charge in [-0.05, 0) is 81.3 Å². The number of ether oxygens (including phenoxy) is 5. The minimum atomic E-state index is -1.51. The largest absolute Gasteiger partial charge is 1.00 e. The molecule has 0 aliphatic carbocycles. The van der Waals surface area contributed by atoms with E-state index in [0.717, 1.165) is 11.7 Å². The first-order chi connectivity index (χ1) is 20.6. The molecule has 10 nitrogen and oxygen atoms in total. The SMILES string of the molecule is COc1cc(C/C(C(=O)c2ccc3c(c2)OCCO3)=C(\C(=O)[O-])c2ccc3nsnc3c2)cc(OC(C)C)c1OC(C)C.[Na+]. The second kappa shape index (κ2) is 14.4. The molecule has 0 amide bonds. The molecule has 1 aliphatic rings. The van der Waals surface area contributed by atoms with Crippen LogP contribution < -0.4 is 58.3 Å². The maximum Gasteiger partial charge on any atom is 1.00 e. The van der Waals surface area contributed by atoms with Crippen molar-refractivity contribution in [3.05, 3.63) is 70.8 Å². The van der Waals surface area contributed by atoms with Crippen LogP contribution in [0.3, 0.4) is 0 Å². The van der Waals surface area contributed by atoms with E-state index in [1.807, 2.05) is 27.7 Å². The normalized spacial score (nSPS) is 12.9. The number of hydrogen-bond acceptors (Lipinski definition) is 11. The summed E-state index contributed by atoms with van der Waals surface area (Å²) in [6.07, 6.45) is -0.446. The fraction of sp³-hybridized carbons (Fsp3) is 0.312. The number of ketones is 1. The van der Waals surface area contributed by atoms with Gasteiger partial charge in [-0.2, -0.15) is 8.75 Å². The molecule has 0 spiro atoms. The summed E-state index contributed by atoms with van der Waals surface area (Å²) in [6, 6.07) is 13.1. The van der Waals surface area contributed by atoms with Gasteiger partial charge in [0.2, 0.25) is 5.75 Å². The Kier molecular flexibility index (Phi) is 10.9. The molecular formula is C32H31N2NaO8S. The molecule has 0 radical (unpaired) electrons. The van der Waals surface area contributed by atoms with E-state index in [2.05, 4.69) is 8.75 Å². The molecule has 0 unspecified atom stereocenters. The summed E-state index contributed by atoms with van der Waals surface area (Å²) in [5, 5.41) is 12.8. The Morgan fingerprint density at radius 3 is 2.20 bits per heavy atom. The van der Waals surface area contributed by atoms with Crippen LogP contribution >= 0.6 is 11.7 Å². The predicted molar refractivity (Wildman–Crippen MR) is 159 cm³/mol. The third kappa shape index (κ3) is 7.35. The van der Waals surface area contributed by atoms with Gasteiger partial charge in [-0.3, -0.25) is 4.79 Å². The molecule has 4 aromatic rings. The van der Waals surface area contributed by atoms with E-state index >= 15 is 0 Å². The number of aliphatic carboxylic acids is 1. The summed E-state index contributed by atoms with van der Waals surface area (Å²) in [6.45, 7) is 8.27. The zero-order chi connectivity index (χ0) is 30.7. The van der Waals surface area contributed by atoms with Gasteiger partial charge < -0.3 is 33.6 Å². The monoisotopic (exact) mass is 626 g/mol. The molecule has 1 aromatic heterocycles. The van der Waals surface area contributed by atoms with Crippen molar-refractivity contribution in [2.45, 2.75) is 46.3 Å². The summed E-state index contributed by atoms with van der Waals surface area (Å²) >= 11 is 1.01. The van der Waals surface area contributed by atoms with Crippen LogP contribution in [-0.2, 0) is 11.2 Å². The van der Waals surface area contributed by atoms with E-state index in [-0.39, 0.29) is 70.5 Å². The maximum absolute atomic E-state index is 14.2. The zero-order valence-electron chi connectivity index (χ0n) is 25.5. The molecular weight excluding hydrogens is 595 g/mol. The third-order valence-corrected chi connectivity index (χ3v) is 7.08. The summed E-state index contributed by atoms with van der Waals surface area (Å²) in [5.41, 5.74) is 1.94. The summed E-state index contributed by atoms with van der Waals surface area (Å²) in [4.78, 5) is 27.1. The summed E-state index contributed by atoms with van der Waals surface area (Å²) in [5.74, 6) is 0.114. The molecule has 0 fully saturated rings. The second-order valence-electron chi connectivity index (χ2n) is 10.4. The standard InChI is InChI=1S/C32H32N2O8S.Na/c1-17(2)41-28-14-19(13-27(38-5)31(28)42-18(3)4)12-22(30(35)21-7-9-25-26(16-21)40-11-10-39-25)29(32(36)37)20-6-8-23-24(15-20)34-43-33-23;/h6-9,13-18H,10-12H2,1-5H3,(H,36,37);/q;+1/p-1/b29-22+;. The van der Waals surface area contributed by atoms with E-state index in [1.165, 1.54) is 7.11 Å². The van der Waals surface area contributed by atoms with Gasteiger partial charge in [-0.1, -0.05) is 6.07 Å². The minimum absolute atomic E-state index is 0. The molecule has 0 N–H and O–H groups in total. The molecule has 12 heteroatoms. The van der Waals surface area contributed by atoms with Crippen LogP contribution in [-0.4, -0.2) is 53.0 Å². The number of rotatable bonds is 11. The Morgan fingerprint density at radius 2 is 1.52 bits per heavy atom. The quantitative estimate of drug-likeness (QED) is 0.138. The van der Waals surface area contributed by atoms with E-state index in [1.54, 1.807) is 48.5 Å². The Hall–Kier alpha value is -3.64. The van der Waals surface area contributed by atoms with Gasteiger partial charge in [0, 0.05) is 23.1 Å². The third-order valence-electron chi connectivity index (χ3n) is 6.52. The van der Waals surface area contributed by atoms with Gasteiger partial charge in [0.15, 0.2) is 28.8 Å². The Labute approximate surface area is 281 Å². The number of hydrogen-bond donors (Lipinski definition) is 0. The van der Waals surface area contributed by atoms with Gasteiger partial charge in [-0.15, -0.1) is 0 Å². The van der Waals surface area contributed by atoms with Crippen LogP contribution in [0, 0.1) is 0 Å². The Balaban J connectivity index is 0.00000442. The Morgan fingerprint density at radius 1 is 0.864 bits per heavy atom. The molecule has 0 saturated carbocycles. The van der Waals surface area contributed by atoms with Gasteiger partial charge in [0.25, 0.3) is 0 Å². The predicted octanol–water partition coefficient (Wildman–Crippen LogP) is 1.68. The van der Waals surface area contributed by atoms with Crippen LogP contribution in [0.15, 0.2) is 54.1 Å². The van der Waals surface area contributed by atoms with Crippen molar-refractivity contribution >= 4 is 40.1 Å². The van der Waals surface area contributed by atoms with Gasteiger partial charge in [0.1, 0.15) is 24.2 Å². The zero-order valence-corrected chi connectivity index (χ0v) is 28.3. The number of Topliss-reactive ketones (excluding diaryl/α,β-unsaturated/α-hetero) is 1. The first kappa shape index (κ1) is 33.3. The number of allylic oxidation sites excluding steroid dienone is 1. The number of aromatic nitrogens is 2. The molecule has 3 aromatic carbocycles. The molecule has 0 bridgehead atoms. The van der Waals surface area contributed by atoms with E-state index in [0.29, 0.717) is 58.6 Å². The van der Waals surface area contributed by atoms with Crippen molar-refractivity contribution in [1.29, 1.82) is 0 Å². The molecule has 0 saturated heterocycles. The molecule has 0 atom stereocenters. The second-order valence-corrected chi connectivity index (χ2v) is 11.0. The van der Waals surface area contributed by atoms with E-state index in [9.17, 15) is 14.7 Å². The fourth-order valence-electron chi connectivity index (χ4n) is 4.78. The first-order valence-corrected chi connectivity index (χ1v) is 14.5. The average Bonchev–Trinajstić information content (AvgIpc) is 3.45. The summed E-state index contributed by atoms with van der Waals surface area (Å²) < 4.78 is 37.5. The number of methoxy groups -OCH3 is 1. The fourth-order valence-corrected chi connectivity index (χ4v) is 5.29. The van der Waals surface area contributed by atoms with Crippen LogP contribution in [0.1, 0.15) is 49.2 Å². The number of fused-ring (bicyclic) bond motifs is 2. The van der Waals surface area contributed by atoms with Crippen molar-refractivity contribution < 1.29 is 67.9 Å². The van der Waals surface area contributed by atoms with Crippen molar-refractivity contribution in [3.63, 3.8) is 0 Å². The molecule has 1 aliphatic heterocycles. The van der Waals surface area contributed by atoms with Crippen molar-refractivity contribution in [3.8, 4) is 28.7 Å². The molecule has 2 heterocycles. The smallest absolute Gasteiger partial charge is 0.545 e. The Bertz CT molecular complexity index is 1720. The van der Waals surface area contributed by atoms with Crippen molar-refractivity contribution in [1.82, 2.24) is 8.75 Å². The van der Waals surface area contributed by atoms with E-state index in [4.69, 9.17) is 23.7 Å². The average molecular weight is 627 g/mol. The van der Waals surface area contributed by atoms with Gasteiger partial charge in [-0.25, -0.2) is 0 Å². The number of benzene rings is 3. The molecule has 44 heavy (non-hydrogen) atoms. The molecule has 5 rings (SSSR count). The first-order valence-electron chi connectivity index (χ1n) is 13.8. The van der Waals surface area contributed by atoms with Gasteiger partial charge >= 0.3 is 29.6 Å². The van der Waals surface area contributed by atoms with Gasteiger partial charge in [0.05, 0.1) is 37.0 Å². The summed E-state index contributed by atoms with van der Waals surface area (Å²) in [7, 11) is 1.51. The number of carboxylic acids is 1.